The van der Waals surface area contributed by atoms with Crippen LogP contribution in [-0.2, 0) is 76.4 Å². The normalized spacial score (nSPS) is 17.1. The molecule has 12 rings (SSSR count). The van der Waals surface area contributed by atoms with E-state index in [0.29, 0.717) is 51.6 Å². The molecule has 0 spiro atoms. The number of phenols is 1. The van der Waals surface area contributed by atoms with Crippen LogP contribution in [0.3, 0.4) is 0 Å². The Morgan fingerprint density at radius 2 is 0.920 bits per heavy atom. The minimum atomic E-state index is -0.746. The first kappa shape index (κ1) is 67.4. The third-order valence-electron chi connectivity index (χ3n) is 17.0. The van der Waals surface area contributed by atoms with Gasteiger partial charge in [-0.05, 0) is 200 Å². The van der Waals surface area contributed by atoms with Crippen molar-refractivity contribution < 1.29 is 82.0 Å². The highest BCUT2D eigenvalue weighted by atomic mass is 79.9. The Kier molecular flexibility index (Phi) is 23.4. The van der Waals surface area contributed by atoms with Crippen LogP contribution < -0.4 is 14.2 Å². The molecule has 5 fully saturated rings. The minimum absolute atomic E-state index is 0.0694. The molecule has 5 aromatic carbocycles. The number of carbonyl (C=O) groups excluding carboxylic acids is 2. The molecule has 1 aliphatic heterocycles. The number of benzene rings is 5. The number of rotatable bonds is 23. The lowest BCUT2D eigenvalue weighted by molar-refractivity contribution is -0.152. The number of carbonyl (C=O) groups is 5. The third-order valence-corrected chi connectivity index (χ3v) is 17.5. The van der Waals surface area contributed by atoms with Crippen LogP contribution in [-0.4, -0.2) is 115 Å². The SMILES string of the molecule is CC(=O)C1(c2ccc(O)cc2)CC1.CCOC(CBr)OCC.CCOC(COc1ccc(C2(C(=O)O)CC2)cc1)OCC.COc1ccc(C2(C(C)=O)CC2)cc1.O=C(O)C1(c2ccc3c(c2)CCO3)CC1.O=C(O)C1(c2ccc3occc3c2)CC1. The Morgan fingerprint density at radius 1 is 0.517 bits per heavy atom. The van der Waals surface area contributed by atoms with E-state index in [9.17, 15) is 34.2 Å². The van der Waals surface area contributed by atoms with E-state index in [1.807, 2.05) is 119 Å². The lowest BCUT2D eigenvalue weighted by Gasteiger charge is -2.18. The first-order valence-electron chi connectivity index (χ1n) is 29.9. The number of furan rings is 1. The van der Waals surface area contributed by atoms with Gasteiger partial charge in [-0.25, -0.2) is 0 Å². The zero-order chi connectivity index (χ0) is 63.0. The van der Waals surface area contributed by atoms with Crippen LogP contribution in [0.15, 0.2) is 126 Å². The predicted molar refractivity (Wildman–Crippen MR) is 332 cm³/mol. The summed E-state index contributed by atoms with van der Waals surface area (Å²) in [5.41, 5.74) is 4.56. The van der Waals surface area contributed by atoms with Crippen molar-refractivity contribution in [2.45, 2.75) is 152 Å². The van der Waals surface area contributed by atoms with Gasteiger partial charge in [0, 0.05) is 38.2 Å². The quantitative estimate of drug-likeness (QED) is 0.0344. The molecule has 5 aliphatic carbocycles. The van der Waals surface area contributed by atoms with Gasteiger partial charge < -0.3 is 58.0 Å². The number of aliphatic carboxylic acids is 3. The molecule has 17 nitrogen and oxygen atoms in total. The topological polar surface area (TPSA) is 244 Å². The lowest BCUT2D eigenvalue weighted by atomic mass is 9.92. The second kappa shape index (κ2) is 30.2. The maximum atomic E-state index is 11.5. The highest BCUT2D eigenvalue weighted by Crippen LogP contribution is 2.52. The van der Waals surface area contributed by atoms with Crippen molar-refractivity contribution >= 4 is 56.4 Å². The summed E-state index contributed by atoms with van der Waals surface area (Å²) in [6, 6.07) is 35.3. The van der Waals surface area contributed by atoms with Gasteiger partial charge in [0.05, 0.1) is 52.4 Å². The van der Waals surface area contributed by atoms with E-state index in [-0.39, 0.29) is 40.7 Å². The molecule has 4 N–H and O–H groups in total. The summed E-state index contributed by atoms with van der Waals surface area (Å²) >= 11 is 3.27. The van der Waals surface area contributed by atoms with Crippen LogP contribution in [0.4, 0.5) is 0 Å². The van der Waals surface area contributed by atoms with Gasteiger partial charge in [0.25, 0.3) is 0 Å². The molecule has 1 aromatic heterocycles. The van der Waals surface area contributed by atoms with E-state index in [1.54, 1.807) is 51.5 Å². The van der Waals surface area contributed by atoms with Crippen molar-refractivity contribution in [3.63, 3.8) is 0 Å². The molecule has 5 saturated carbocycles. The number of hydrogen-bond donors (Lipinski definition) is 4. The third kappa shape index (κ3) is 16.8. The summed E-state index contributed by atoms with van der Waals surface area (Å²) in [7, 11) is 1.65. The van der Waals surface area contributed by atoms with Crippen molar-refractivity contribution in [2.24, 2.45) is 0 Å². The van der Waals surface area contributed by atoms with Crippen LogP contribution in [0.2, 0.25) is 0 Å². The summed E-state index contributed by atoms with van der Waals surface area (Å²) in [4.78, 5) is 56.4. The van der Waals surface area contributed by atoms with Crippen molar-refractivity contribution in [1.82, 2.24) is 0 Å². The average Bonchev–Trinajstić information content (AvgIpc) is 2.01. The summed E-state index contributed by atoms with van der Waals surface area (Å²) in [5.74, 6) is 1.05. The molecule has 0 atom stereocenters. The summed E-state index contributed by atoms with van der Waals surface area (Å²) < 4.78 is 42.4. The minimum Gasteiger partial charge on any atom is -0.508 e. The van der Waals surface area contributed by atoms with E-state index < -0.39 is 34.2 Å². The van der Waals surface area contributed by atoms with Crippen molar-refractivity contribution in [2.75, 3.05) is 52.1 Å². The standard InChI is InChI=1S/C16H22O5.C12H12O3.C12H10O3.C12H14O2.C11H12O2.C6H13BrO2/c1-3-19-14(20-4-2)11-21-13-7-5-12(6-8-13)16(9-10-16)15(17)18;2*13-11(14)12(4-5-12)9-1-2-10-8(7-9)3-6-15-10;1-9(13)12(7-8-12)10-3-5-11(14-2)6-4-10;1-8(12)11(6-7-11)9-2-4-10(13)5-3-9;1-3-8-6(5-7)9-4-2/h5-8,14H,3-4,9-11H2,1-2H3,(H,17,18);1-2,7H,3-6H2,(H,13,14);1-3,6-7H,4-5H2,(H,13,14);3-6H,7-8H2,1-2H3;2-5,13H,6-7H2,1H3;6H,3-5H2,1-2H3. The zero-order valence-electron chi connectivity index (χ0n) is 50.9. The fourth-order valence-corrected chi connectivity index (χ4v) is 11.1. The molecule has 0 saturated heterocycles. The average molecular weight is 1260 g/mol. The number of carboxylic acid groups (broad SMARTS) is 3. The van der Waals surface area contributed by atoms with Gasteiger partial charge in [0.2, 0.25) is 0 Å². The fraction of sp³-hybridized carbons (Fsp3) is 0.464. The zero-order valence-corrected chi connectivity index (χ0v) is 52.5. The predicted octanol–water partition coefficient (Wildman–Crippen LogP) is 13.0. The highest BCUT2D eigenvalue weighted by molar-refractivity contribution is 9.09. The monoisotopic (exact) mass is 1260 g/mol. The molecule has 2 heterocycles. The molecule has 0 unspecified atom stereocenters. The number of hydrogen-bond acceptors (Lipinski definition) is 14. The van der Waals surface area contributed by atoms with Crippen LogP contribution in [0.25, 0.3) is 11.0 Å². The van der Waals surface area contributed by atoms with Crippen molar-refractivity contribution in [3.8, 4) is 23.0 Å². The number of carboxylic acids is 3. The van der Waals surface area contributed by atoms with E-state index in [4.69, 9.17) is 47.8 Å². The molecule has 0 radical (unpaired) electrons. The number of ether oxygens (including phenoxy) is 7. The van der Waals surface area contributed by atoms with Gasteiger partial charge in [-0.1, -0.05) is 70.5 Å². The number of ketones is 2. The second-order valence-electron chi connectivity index (χ2n) is 22.5. The van der Waals surface area contributed by atoms with Gasteiger partial charge in [-0.15, -0.1) is 0 Å². The van der Waals surface area contributed by atoms with Crippen LogP contribution in [0.1, 0.15) is 139 Å². The Morgan fingerprint density at radius 3 is 1.34 bits per heavy atom. The first-order chi connectivity index (χ1) is 41.7. The summed E-state index contributed by atoms with van der Waals surface area (Å²) in [6.07, 6.45) is 10.4. The summed E-state index contributed by atoms with van der Waals surface area (Å²) in [5, 5.41) is 38.4. The number of halogens is 1. The largest absolute Gasteiger partial charge is 0.508 e. The van der Waals surface area contributed by atoms with Gasteiger partial charge in [-0.2, -0.15) is 0 Å². The Hall–Kier alpha value is -7.09. The van der Waals surface area contributed by atoms with E-state index in [1.165, 1.54) is 0 Å². The Balaban J connectivity index is 0.000000151. The molecular formula is C69H83BrO17. The van der Waals surface area contributed by atoms with Crippen molar-refractivity contribution in [1.29, 1.82) is 0 Å². The van der Waals surface area contributed by atoms with Crippen molar-refractivity contribution in [3.05, 3.63) is 155 Å². The molecule has 6 aliphatic rings. The van der Waals surface area contributed by atoms with Gasteiger partial charge in [-0.3, -0.25) is 24.0 Å². The number of Topliss-reactive ketones (excluding diaryl/α,β-unsaturated/α-hetero) is 2. The van der Waals surface area contributed by atoms with Gasteiger partial charge in [0.15, 0.2) is 12.6 Å². The number of methoxy groups -OCH3 is 1. The maximum Gasteiger partial charge on any atom is 0.314 e. The molecule has 0 bridgehead atoms. The van der Waals surface area contributed by atoms with E-state index in [0.717, 1.165) is 126 Å². The Labute approximate surface area is 517 Å². The van der Waals surface area contributed by atoms with Crippen LogP contribution in [0.5, 0.6) is 23.0 Å². The first-order valence-corrected chi connectivity index (χ1v) is 31.0. The van der Waals surface area contributed by atoms with Crippen LogP contribution >= 0.6 is 15.9 Å². The number of alkyl halides is 1. The van der Waals surface area contributed by atoms with Crippen LogP contribution in [0, 0.1) is 0 Å². The Bertz CT molecular complexity index is 3230. The highest BCUT2D eigenvalue weighted by Gasteiger charge is 2.54. The molecule has 0 amide bonds. The smallest absolute Gasteiger partial charge is 0.314 e. The molecular weight excluding hydrogens is 1180 g/mol. The molecule has 18 heteroatoms. The van der Waals surface area contributed by atoms with E-state index in [2.05, 4.69) is 15.9 Å². The molecule has 6 aromatic rings. The second-order valence-corrected chi connectivity index (χ2v) is 23.1. The van der Waals surface area contributed by atoms with Gasteiger partial charge >= 0.3 is 17.9 Å². The number of fused-ring (bicyclic) bond motifs is 2. The number of phenolic OH excluding ortho intramolecular Hbond substituents is 1. The molecule has 87 heavy (non-hydrogen) atoms. The fourth-order valence-electron chi connectivity index (χ4n) is 10.7. The number of aromatic hydroxyl groups is 1. The van der Waals surface area contributed by atoms with E-state index >= 15 is 0 Å². The van der Waals surface area contributed by atoms with Gasteiger partial charge in [0.1, 0.15) is 46.8 Å². The lowest BCUT2D eigenvalue weighted by Crippen LogP contribution is -2.25. The molecule has 468 valence electrons. The summed E-state index contributed by atoms with van der Waals surface area (Å²) in [6.45, 7) is 14.6. The maximum absolute atomic E-state index is 11.5.